The van der Waals surface area contributed by atoms with Crippen LogP contribution in [0.2, 0.25) is 0 Å². The lowest BCUT2D eigenvalue weighted by molar-refractivity contribution is -0.131. The molecule has 8 nitrogen and oxygen atoms in total. The van der Waals surface area contributed by atoms with Crippen LogP contribution < -0.4 is 10.3 Å². The number of carbonyl (C=O) groups is 1. The Bertz CT molecular complexity index is 1110. The fraction of sp³-hybridized carbons (Fsp3) is 0.455. The normalized spacial score (nSPS) is 15.2. The number of carbonyl (C=O) groups excluding carboxylic acids is 1. The van der Waals surface area contributed by atoms with Gasteiger partial charge in [0.25, 0.3) is 5.56 Å². The van der Waals surface area contributed by atoms with Crippen LogP contribution in [-0.4, -0.2) is 63.6 Å². The molecule has 9 heteroatoms. The number of amides is 1. The predicted molar refractivity (Wildman–Crippen MR) is 120 cm³/mol. The van der Waals surface area contributed by atoms with E-state index in [1.807, 2.05) is 36.1 Å². The summed E-state index contributed by atoms with van der Waals surface area (Å²) in [6.45, 7) is 5.59. The maximum atomic E-state index is 12.7. The van der Waals surface area contributed by atoms with Gasteiger partial charge in [-0.05, 0) is 37.5 Å². The smallest absolute Gasteiger partial charge is 0.275 e. The fourth-order valence-corrected chi connectivity index (χ4v) is 4.61. The van der Waals surface area contributed by atoms with Gasteiger partial charge in [-0.15, -0.1) is 0 Å². The van der Waals surface area contributed by atoms with E-state index < -0.39 is 0 Å². The number of aryl methyl sites for hydroxylation is 2. The van der Waals surface area contributed by atoms with Crippen molar-refractivity contribution in [2.24, 2.45) is 0 Å². The van der Waals surface area contributed by atoms with Gasteiger partial charge < -0.3 is 9.64 Å². The van der Waals surface area contributed by atoms with Gasteiger partial charge in [0.1, 0.15) is 10.8 Å². The number of rotatable bonds is 6. The summed E-state index contributed by atoms with van der Waals surface area (Å²) in [6.07, 6.45) is 2.15. The topological polar surface area (TPSA) is 80.0 Å². The fourth-order valence-electron chi connectivity index (χ4n) is 3.84. The van der Waals surface area contributed by atoms with Crippen LogP contribution in [0.1, 0.15) is 29.1 Å². The van der Waals surface area contributed by atoms with E-state index in [4.69, 9.17) is 4.74 Å². The molecule has 3 aromatic rings. The number of hydrogen-bond donors (Lipinski definition) is 0. The second-order valence-electron chi connectivity index (χ2n) is 7.76. The summed E-state index contributed by atoms with van der Waals surface area (Å²) in [5.74, 6) is 1.01. The number of benzene rings is 1. The highest BCUT2D eigenvalue weighted by Crippen LogP contribution is 2.15. The van der Waals surface area contributed by atoms with Crippen LogP contribution in [0, 0.1) is 6.92 Å². The Labute approximate surface area is 185 Å². The maximum absolute atomic E-state index is 12.7. The molecule has 0 bridgehead atoms. The van der Waals surface area contributed by atoms with Crippen molar-refractivity contribution in [3.8, 4) is 5.75 Å². The molecule has 1 saturated heterocycles. The van der Waals surface area contributed by atoms with E-state index in [2.05, 4.69) is 15.0 Å². The zero-order valence-corrected chi connectivity index (χ0v) is 18.7. The molecule has 1 amide bonds. The molecule has 0 spiro atoms. The summed E-state index contributed by atoms with van der Waals surface area (Å²) in [6, 6.07) is 9.43. The van der Waals surface area contributed by atoms with Crippen LogP contribution in [0.25, 0.3) is 4.96 Å². The summed E-state index contributed by atoms with van der Waals surface area (Å²) < 4.78 is 6.54. The van der Waals surface area contributed by atoms with Crippen molar-refractivity contribution in [2.45, 2.75) is 32.7 Å². The molecule has 2 aromatic heterocycles. The summed E-state index contributed by atoms with van der Waals surface area (Å²) in [7, 11) is 1.65. The van der Waals surface area contributed by atoms with E-state index in [1.165, 1.54) is 15.9 Å². The molecule has 3 heterocycles. The van der Waals surface area contributed by atoms with Gasteiger partial charge >= 0.3 is 0 Å². The van der Waals surface area contributed by atoms with Gasteiger partial charge in [-0.3, -0.25) is 14.5 Å². The van der Waals surface area contributed by atoms with Gasteiger partial charge in [-0.1, -0.05) is 23.5 Å². The molecule has 164 valence electrons. The molecule has 0 atom stereocenters. The third kappa shape index (κ3) is 5.29. The van der Waals surface area contributed by atoms with Gasteiger partial charge in [-0.2, -0.15) is 9.61 Å². The molecule has 0 radical (unpaired) electrons. The van der Waals surface area contributed by atoms with Crippen molar-refractivity contribution in [1.82, 2.24) is 24.4 Å². The van der Waals surface area contributed by atoms with Crippen LogP contribution in [0.5, 0.6) is 5.75 Å². The van der Waals surface area contributed by atoms with Gasteiger partial charge in [-0.25, -0.2) is 4.98 Å². The van der Waals surface area contributed by atoms with Crippen molar-refractivity contribution in [2.75, 3.05) is 33.3 Å². The second-order valence-corrected chi connectivity index (χ2v) is 8.92. The van der Waals surface area contributed by atoms with Crippen molar-refractivity contribution in [1.29, 1.82) is 0 Å². The molecule has 1 aliphatic heterocycles. The first-order valence-electron chi connectivity index (χ1n) is 10.5. The molecule has 31 heavy (non-hydrogen) atoms. The minimum Gasteiger partial charge on any atom is -0.497 e. The van der Waals surface area contributed by atoms with Gasteiger partial charge in [0, 0.05) is 45.2 Å². The SMILES string of the molecule is COc1ccc(CCC(=O)N2CCCN(Cc3cc(=O)n4nc(C)sc4n3)CC2)cc1. The van der Waals surface area contributed by atoms with E-state index in [0.717, 1.165) is 54.5 Å². The van der Waals surface area contributed by atoms with Crippen LogP contribution in [0.3, 0.4) is 0 Å². The van der Waals surface area contributed by atoms with Crippen molar-refractivity contribution in [3.05, 3.63) is 57.0 Å². The lowest BCUT2D eigenvalue weighted by Gasteiger charge is -2.22. The average molecular weight is 442 g/mol. The van der Waals surface area contributed by atoms with E-state index in [1.54, 1.807) is 13.2 Å². The number of hydrogen-bond acceptors (Lipinski definition) is 7. The van der Waals surface area contributed by atoms with Crippen LogP contribution in [0.4, 0.5) is 0 Å². The van der Waals surface area contributed by atoms with Crippen LogP contribution >= 0.6 is 11.3 Å². The van der Waals surface area contributed by atoms with Gasteiger partial charge in [0.15, 0.2) is 0 Å². The Kier molecular flexibility index (Phi) is 6.62. The lowest BCUT2D eigenvalue weighted by Crippen LogP contribution is -2.35. The predicted octanol–water partition coefficient (Wildman–Crippen LogP) is 2.14. The van der Waals surface area contributed by atoms with E-state index in [9.17, 15) is 9.59 Å². The molecule has 0 unspecified atom stereocenters. The van der Waals surface area contributed by atoms with E-state index >= 15 is 0 Å². The molecular formula is C22H27N5O3S. The highest BCUT2D eigenvalue weighted by molar-refractivity contribution is 7.16. The molecule has 1 aliphatic rings. The van der Waals surface area contributed by atoms with Crippen molar-refractivity contribution >= 4 is 22.2 Å². The highest BCUT2D eigenvalue weighted by Gasteiger charge is 2.20. The largest absolute Gasteiger partial charge is 0.497 e. The Balaban J connectivity index is 1.31. The summed E-state index contributed by atoms with van der Waals surface area (Å²) in [5.41, 5.74) is 1.75. The van der Waals surface area contributed by atoms with E-state index in [0.29, 0.717) is 24.5 Å². The number of aromatic nitrogens is 3. The van der Waals surface area contributed by atoms with Crippen LogP contribution in [-0.2, 0) is 17.8 Å². The minimum absolute atomic E-state index is 0.144. The van der Waals surface area contributed by atoms with Gasteiger partial charge in [0.05, 0.1) is 12.8 Å². The standard InChI is InChI=1S/C22H27N5O3S/c1-16-24-27-21(29)14-18(23-22(27)31-16)15-25-10-3-11-26(13-12-25)20(28)9-6-17-4-7-19(30-2)8-5-17/h4-5,7-8,14H,3,6,9-13,15H2,1-2H3. The third-order valence-corrected chi connectivity index (χ3v) is 6.34. The molecule has 0 saturated carbocycles. The number of methoxy groups -OCH3 is 1. The molecular weight excluding hydrogens is 414 g/mol. The monoisotopic (exact) mass is 441 g/mol. The summed E-state index contributed by atoms with van der Waals surface area (Å²) >= 11 is 1.42. The summed E-state index contributed by atoms with van der Waals surface area (Å²) in [4.78, 5) is 34.5. The Hall–Kier alpha value is -2.78. The average Bonchev–Trinajstić information content (AvgIpc) is 2.99. The Morgan fingerprint density at radius 3 is 2.74 bits per heavy atom. The van der Waals surface area contributed by atoms with E-state index in [-0.39, 0.29) is 11.5 Å². The molecule has 0 aliphatic carbocycles. The summed E-state index contributed by atoms with van der Waals surface area (Å²) in [5, 5.41) is 5.01. The lowest BCUT2D eigenvalue weighted by atomic mass is 10.1. The first-order chi connectivity index (χ1) is 15.0. The molecule has 1 aromatic carbocycles. The molecule has 1 fully saturated rings. The maximum Gasteiger partial charge on any atom is 0.275 e. The number of ether oxygens (including phenoxy) is 1. The second kappa shape index (κ2) is 9.57. The Morgan fingerprint density at radius 2 is 1.97 bits per heavy atom. The quantitative estimate of drug-likeness (QED) is 0.583. The van der Waals surface area contributed by atoms with Crippen molar-refractivity contribution in [3.63, 3.8) is 0 Å². The van der Waals surface area contributed by atoms with Crippen molar-refractivity contribution < 1.29 is 9.53 Å². The molecule has 4 rings (SSSR count). The number of fused-ring (bicyclic) bond motifs is 1. The first-order valence-corrected chi connectivity index (χ1v) is 11.3. The minimum atomic E-state index is -0.144. The Morgan fingerprint density at radius 1 is 1.16 bits per heavy atom. The number of nitrogens with zero attached hydrogens (tertiary/aromatic N) is 5. The first kappa shape index (κ1) is 21.5. The zero-order valence-electron chi connectivity index (χ0n) is 17.9. The van der Waals surface area contributed by atoms with Crippen LogP contribution in [0.15, 0.2) is 35.1 Å². The van der Waals surface area contributed by atoms with Gasteiger partial charge in [0.2, 0.25) is 10.9 Å². The molecule has 0 N–H and O–H groups in total. The third-order valence-electron chi connectivity index (χ3n) is 5.51. The zero-order chi connectivity index (χ0) is 21.8. The highest BCUT2D eigenvalue weighted by atomic mass is 32.1.